The zero-order valence-corrected chi connectivity index (χ0v) is 18.7. The van der Waals surface area contributed by atoms with E-state index in [1.54, 1.807) is 36.5 Å². The van der Waals surface area contributed by atoms with Gasteiger partial charge in [-0.1, -0.05) is 42.5 Å². The second kappa shape index (κ2) is 9.20. The van der Waals surface area contributed by atoms with Crippen molar-refractivity contribution in [1.82, 2.24) is 4.98 Å². The molecule has 0 saturated heterocycles. The molecule has 5 rings (SSSR count). The number of para-hydroxylation sites is 1. The number of fused-ring (bicyclic) bond motifs is 1. The average Bonchev–Trinajstić information content (AvgIpc) is 3.34. The van der Waals surface area contributed by atoms with E-state index in [0.717, 1.165) is 11.3 Å². The van der Waals surface area contributed by atoms with Gasteiger partial charge in [0.1, 0.15) is 5.58 Å². The molecule has 3 aromatic carbocycles. The molecule has 2 N–H and O–H groups in total. The molecule has 5 aromatic rings. The van der Waals surface area contributed by atoms with Crippen LogP contribution < -0.4 is 11.1 Å². The van der Waals surface area contributed by atoms with E-state index in [1.807, 2.05) is 35.7 Å². The minimum Gasteiger partial charge on any atom is -0.501 e. The number of nitrogens with zero attached hydrogens (tertiary/aromatic N) is 3. The maximum Gasteiger partial charge on any atom is 0.379 e. The number of nitro benzene ring substituents is 1. The zero-order chi connectivity index (χ0) is 24.4. The number of anilines is 1. The standard InChI is InChI=1S/C25H16N4O5S/c30-23-22(19-3-1-2-4-21(19)34-24(23)31)17-9-7-16(8-10-17)20-14-35-25(27-20)28-26-13-15-5-11-18(12-6-15)29(32)33/h1-14,30H,(H,27,28). The lowest BCUT2D eigenvalue weighted by molar-refractivity contribution is -0.384. The highest BCUT2D eigenvalue weighted by molar-refractivity contribution is 7.14. The first-order chi connectivity index (χ1) is 17.0. The number of hydrogen-bond acceptors (Lipinski definition) is 9. The second-order valence-electron chi connectivity index (χ2n) is 7.44. The summed E-state index contributed by atoms with van der Waals surface area (Å²) < 4.78 is 5.17. The molecule has 0 bridgehead atoms. The number of aromatic nitrogens is 1. The number of non-ortho nitro benzene ring substituents is 1. The number of hydrogen-bond donors (Lipinski definition) is 2. The van der Waals surface area contributed by atoms with Gasteiger partial charge in [0.2, 0.25) is 10.9 Å². The van der Waals surface area contributed by atoms with Crippen molar-refractivity contribution in [3.63, 3.8) is 0 Å². The van der Waals surface area contributed by atoms with Crippen LogP contribution >= 0.6 is 11.3 Å². The van der Waals surface area contributed by atoms with Crippen LogP contribution in [0, 0.1) is 10.1 Å². The molecule has 0 radical (unpaired) electrons. The van der Waals surface area contributed by atoms with Crippen LogP contribution in [0.3, 0.4) is 0 Å². The first-order valence-electron chi connectivity index (χ1n) is 10.3. The smallest absolute Gasteiger partial charge is 0.379 e. The molecule has 35 heavy (non-hydrogen) atoms. The lowest BCUT2D eigenvalue weighted by Gasteiger charge is -2.08. The Morgan fingerprint density at radius 1 is 1.03 bits per heavy atom. The largest absolute Gasteiger partial charge is 0.501 e. The van der Waals surface area contributed by atoms with E-state index in [0.29, 0.717) is 32.8 Å². The zero-order valence-electron chi connectivity index (χ0n) is 17.9. The summed E-state index contributed by atoms with van der Waals surface area (Å²) in [5, 5.41) is 28.3. The highest BCUT2D eigenvalue weighted by Gasteiger charge is 2.15. The molecule has 0 saturated carbocycles. The van der Waals surface area contributed by atoms with Gasteiger partial charge in [0, 0.05) is 34.0 Å². The van der Waals surface area contributed by atoms with Crippen LogP contribution in [0.5, 0.6) is 5.75 Å². The normalized spacial score (nSPS) is 11.2. The van der Waals surface area contributed by atoms with Gasteiger partial charge < -0.3 is 9.52 Å². The molecule has 0 spiro atoms. The predicted molar refractivity (Wildman–Crippen MR) is 135 cm³/mol. The third-order valence-corrected chi connectivity index (χ3v) is 5.99. The molecule has 0 unspecified atom stereocenters. The minimum absolute atomic E-state index is 0.0184. The van der Waals surface area contributed by atoms with Crippen LogP contribution in [0.15, 0.2) is 92.5 Å². The quantitative estimate of drug-likeness (QED) is 0.138. The number of aromatic hydroxyl groups is 1. The lowest BCUT2D eigenvalue weighted by atomic mass is 9.99. The second-order valence-corrected chi connectivity index (χ2v) is 8.30. The van der Waals surface area contributed by atoms with E-state index in [2.05, 4.69) is 15.5 Å². The molecule has 2 heterocycles. The Balaban J connectivity index is 1.34. The molecule has 172 valence electrons. The van der Waals surface area contributed by atoms with E-state index in [4.69, 9.17) is 4.42 Å². The first kappa shape index (κ1) is 22.0. The van der Waals surface area contributed by atoms with Gasteiger partial charge in [-0.2, -0.15) is 5.10 Å². The summed E-state index contributed by atoms with van der Waals surface area (Å²) in [4.78, 5) is 26.9. The van der Waals surface area contributed by atoms with Crippen LogP contribution in [0.4, 0.5) is 10.8 Å². The van der Waals surface area contributed by atoms with Gasteiger partial charge in [0.05, 0.1) is 16.8 Å². The molecular formula is C25H16N4O5S. The Morgan fingerprint density at radius 2 is 1.74 bits per heavy atom. The monoisotopic (exact) mass is 484 g/mol. The molecule has 9 nitrogen and oxygen atoms in total. The van der Waals surface area contributed by atoms with Crippen LogP contribution in [-0.4, -0.2) is 21.2 Å². The summed E-state index contributed by atoms with van der Waals surface area (Å²) in [6, 6.07) is 20.4. The Bertz CT molecular complexity index is 1620. The number of nitro groups is 1. The number of benzene rings is 3. The van der Waals surface area contributed by atoms with E-state index < -0.39 is 16.3 Å². The fourth-order valence-electron chi connectivity index (χ4n) is 3.54. The number of nitrogens with one attached hydrogen (secondary N) is 1. The summed E-state index contributed by atoms with van der Waals surface area (Å²) in [7, 11) is 0. The Kier molecular flexibility index (Phi) is 5.78. The molecule has 0 amide bonds. The van der Waals surface area contributed by atoms with Gasteiger partial charge in [-0.15, -0.1) is 11.3 Å². The number of hydrazone groups is 1. The van der Waals surface area contributed by atoms with Crippen LogP contribution in [-0.2, 0) is 0 Å². The maximum absolute atomic E-state index is 12.1. The van der Waals surface area contributed by atoms with Crippen LogP contribution in [0.1, 0.15) is 5.56 Å². The van der Waals surface area contributed by atoms with Gasteiger partial charge in [-0.05, 0) is 29.3 Å². The van der Waals surface area contributed by atoms with Crippen molar-refractivity contribution in [3.05, 3.63) is 104 Å². The number of rotatable bonds is 6. The Hall–Kier alpha value is -4.83. The van der Waals surface area contributed by atoms with Crippen molar-refractivity contribution in [3.8, 4) is 28.1 Å². The lowest BCUT2D eigenvalue weighted by Crippen LogP contribution is -2.00. The molecule has 2 aromatic heterocycles. The fourth-order valence-corrected chi connectivity index (χ4v) is 4.21. The van der Waals surface area contributed by atoms with Crippen molar-refractivity contribution in [2.24, 2.45) is 5.10 Å². The highest BCUT2D eigenvalue weighted by Crippen LogP contribution is 2.35. The summed E-state index contributed by atoms with van der Waals surface area (Å²) in [5.41, 5.74) is 5.88. The molecule has 0 fully saturated rings. The highest BCUT2D eigenvalue weighted by atomic mass is 32.1. The third-order valence-electron chi connectivity index (χ3n) is 5.24. The topological polar surface area (TPSA) is 131 Å². The maximum atomic E-state index is 12.1. The van der Waals surface area contributed by atoms with Gasteiger partial charge in [-0.25, -0.2) is 9.78 Å². The number of thiazole rings is 1. The third kappa shape index (κ3) is 4.50. The van der Waals surface area contributed by atoms with E-state index in [1.165, 1.54) is 23.5 Å². The van der Waals surface area contributed by atoms with Crippen molar-refractivity contribution >= 4 is 39.3 Å². The van der Waals surface area contributed by atoms with E-state index >= 15 is 0 Å². The minimum atomic E-state index is -0.785. The van der Waals surface area contributed by atoms with Crippen molar-refractivity contribution in [1.29, 1.82) is 0 Å². The van der Waals surface area contributed by atoms with Crippen LogP contribution in [0.25, 0.3) is 33.4 Å². The summed E-state index contributed by atoms with van der Waals surface area (Å²) in [6.45, 7) is 0. The summed E-state index contributed by atoms with van der Waals surface area (Å²) in [5.74, 6) is -0.428. The Labute approximate surface area is 201 Å². The van der Waals surface area contributed by atoms with Gasteiger partial charge >= 0.3 is 5.63 Å². The van der Waals surface area contributed by atoms with Gasteiger partial charge in [-0.3, -0.25) is 15.5 Å². The van der Waals surface area contributed by atoms with Gasteiger partial charge in [0.15, 0.2) is 0 Å². The van der Waals surface area contributed by atoms with E-state index in [9.17, 15) is 20.0 Å². The fraction of sp³-hybridized carbons (Fsp3) is 0. The van der Waals surface area contributed by atoms with Crippen LogP contribution in [0.2, 0.25) is 0 Å². The van der Waals surface area contributed by atoms with E-state index in [-0.39, 0.29) is 5.69 Å². The first-order valence-corrected chi connectivity index (χ1v) is 11.2. The molecule has 0 atom stereocenters. The predicted octanol–water partition coefficient (Wildman–Crippen LogP) is 5.64. The molecule has 10 heteroatoms. The SMILES string of the molecule is O=c1oc2ccccc2c(-c2ccc(-c3csc(NN=Cc4ccc([N+](=O)[O-])cc4)n3)cc2)c1O. The Morgan fingerprint density at radius 3 is 2.49 bits per heavy atom. The molecule has 0 aliphatic rings. The molecule has 0 aliphatic heterocycles. The summed E-state index contributed by atoms with van der Waals surface area (Å²) in [6.07, 6.45) is 1.55. The van der Waals surface area contributed by atoms with Crippen molar-refractivity contribution in [2.75, 3.05) is 5.43 Å². The van der Waals surface area contributed by atoms with Crippen molar-refractivity contribution < 1.29 is 14.4 Å². The van der Waals surface area contributed by atoms with Crippen molar-refractivity contribution in [2.45, 2.75) is 0 Å². The molecular weight excluding hydrogens is 468 g/mol. The van der Waals surface area contributed by atoms with Gasteiger partial charge in [0.25, 0.3) is 5.69 Å². The average molecular weight is 484 g/mol. The summed E-state index contributed by atoms with van der Waals surface area (Å²) >= 11 is 1.37. The molecule has 0 aliphatic carbocycles.